The van der Waals surface area contributed by atoms with Crippen LogP contribution in [0.3, 0.4) is 0 Å². The summed E-state index contributed by atoms with van der Waals surface area (Å²) in [6.45, 7) is 3.91. The standard InChI is InChI=1S/C5H9BrN2/c1-4-5(6)2-7-3-8-4/h7-8H,2-3H2,1H3. The highest BCUT2D eigenvalue weighted by Gasteiger charge is 2.01. The summed E-state index contributed by atoms with van der Waals surface area (Å²) in [7, 11) is 0. The van der Waals surface area contributed by atoms with E-state index in [1.165, 1.54) is 10.2 Å². The number of hydrogen-bond acceptors (Lipinski definition) is 2. The Morgan fingerprint density at radius 2 is 2.38 bits per heavy atom. The zero-order chi connectivity index (χ0) is 5.98. The molecule has 0 aromatic heterocycles. The Kier molecular flexibility index (Phi) is 1.91. The summed E-state index contributed by atoms with van der Waals surface area (Å²) in [5.41, 5.74) is 1.24. The van der Waals surface area contributed by atoms with E-state index in [2.05, 4.69) is 33.5 Å². The SMILES string of the molecule is CC1=C(Br)CNCN1. The summed E-state index contributed by atoms with van der Waals surface area (Å²) in [6, 6.07) is 0. The first-order valence-corrected chi connectivity index (χ1v) is 3.40. The second-order valence-electron chi connectivity index (χ2n) is 1.81. The van der Waals surface area contributed by atoms with E-state index >= 15 is 0 Å². The van der Waals surface area contributed by atoms with Crippen molar-refractivity contribution in [2.75, 3.05) is 13.2 Å². The summed E-state index contributed by atoms with van der Waals surface area (Å²) < 4.78 is 1.23. The van der Waals surface area contributed by atoms with Gasteiger partial charge in [-0.05, 0) is 6.92 Å². The lowest BCUT2D eigenvalue weighted by Crippen LogP contribution is -2.34. The first-order valence-electron chi connectivity index (χ1n) is 2.60. The smallest absolute Gasteiger partial charge is 0.0653 e. The highest BCUT2D eigenvalue weighted by atomic mass is 79.9. The molecule has 2 nitrogen and oxygen atoms in total. The molecule has 0 amide bonds. The molecule has 8 heavy (non-hydrogen) atoms. The molecule has 1 rings (SSSR count). The van der Waals surface area contributed by atoms with Gasteiger partial charge >= 0.3 is 0 Å². The Hall–Kier alpha value is -0.0200. The third-order valence-corrected chi connectivity index (χ3v) is 2.04. The lowest BCUT2D eigenvalue weighted by molar-refractivity contribution is 0.634. The van der Waals surface area contributed by atoms with Crippen molar-refractivity contribution in [3.63, 3.8) is 0 Å². The Bertz CT molecular complexity index is 106. The monoisotopic (exact) mass is 176 g/mol. The minimum absolute atomic E-state index is 0.890. The minimum atomic E-state index is 0.890. The van der Waals surface area contributed by atoms with Crippen molar-refractivity contribution >= 4 is 15.9 Å². The van der Waals surface area contributed by atoms with Gasteiger partial charge in [-0.3, -0.25) is 5.32 Å². The number of nitrogens with one attached hydrogen (secondary N) is 2. The van der Waals surface area contributed by atoms with Gasteiger partial charge in [-0.2, -0.15) is 0 Å². The Balaban J connectivity index is 2.60. The number of halogens is 1. The van der Waals surface area contributed by atoms with E-state index in [4.69, 9.17) is 0 Å². The van der Waals surface area contributed by atoms with E-state index in [0.717, 1.165) is 13.2 Å². The quantitative estimate of drug-likeness (QED) is 0.570. The zero-order valence-electron chi connectivity index (χ0n) is 4.79. The molecule has 0 unspecified atom stereocenters. The predicted octanol–water partition coefficient (Wildman–Crippen LogP) is 0.763. The van der Waals surface area contributed by atoms with Crippen LogP contribution in [0, 0.1) is 0 Å². The van der Waals surface area contributed by atoms with Crippen molar-refractivity contribution in [3.05, 3.63) is 10.2 Å². The first-order chi connectivity index (χ1) is 3.80. The molecule has 0 aromatic rings. The molecule has 0 aromatic carbocycles. The van der Waals surface area contributed by atoms with E-state index in [1.807, 2.05) is 0 Å². The van der Waals surface area contributed by atoms with Gasteiger partial charge in [0, 0.05) is 16.7 Å². The second kappa shape index (κ2) is 2.51. The molecule has 0 atom stereocenters. The van der Waals surface area contributed by atoms with Crippen molar-refractivity contribution in [1.29, 1.82) is 0 Å². The molecule has 3 heteroatoms. The molecule has 0 fully saturated rings. The maximum atomic E-state index is 3.41. The van der Waals surface area contributed by atoms with Gasteiger partial charge in [0.2, 0.25) is 0 Å². The van der Waals surface area contributed by atoms with Crippen LogP contribution in [0.25, 0.3) is 0 Å². The number of hydrogen-bond donors (Lipinski definition) is 2. The lowest BCUT2D eigenvalue weighted by Gasteiger charge is -2.16. The largest absolute Gasteiger partial charge is 0.375 e. The van der Waals surface area contributed by atoms with Crippen molar-refractivity contribution in [1.82, 2.24) is 10.6 Å². The molecule has 1 aliphatic rings. The molecule has 1 aliphatic heterocycles. The van der Waals surface area contributed by atoms with Crippen LogP contribution in [0.15, 0.2) is 10.2 Å². The van der Waals surface area contributed by atoms with Crippen molar-refractivity contribution < 1.29 is 0 Å². The highest BCUT2D eigenvalue weighted by molar-refractivity contribution is 9.11. The molecule has 0 radical (unpaired) electrons. The van der Waals surface area contributed by atoms with Gasteiger partial charge in [0.15, 0.2) is 0 Å². The van der Waals surface area contributed by atoms with Gasteiger partial charge < -0.3 is 5.32 Å². The zero-order valence-corrected chi connectivity index (χ0v) is 6.38. The topological polar surface area (TPSA) is 24.1 Å². The molecular weight excluding hydrogens is 168 g/mol. The van der Waals surface area contributed by atoms with Crippen LogP contribution in [0.1, 0.15) is 6.92 Å². The first kappa shape index (κ1) is 6.11. The summed E-state index contributed by atoms with van der Waals surface area (Å²) >= 11 is 3.41. The molecule has 46 valence electrons. The van der Waals surface area contributed by atoms with Crippen LogP contribution < -0.4 is 10.6 Å². The predicted molar refractivity (Wildman–Crippen MR) is 37.6 cm³/mol. The minimum Gasteiger partial charge on any atom is -0.375 e. The van der Waals surface area contributed by atoms with Crippen LogP contribution >= 0.6 is 15.9 Å². The summed E-state index contributed by atoms with van der Waals surface area (Å²) in [6.07, 6.45) is 0. The fourth-order valence-corrected chi connectivity index (χ4v) is 0.934. The van der Waals surface area contributed by atoms with E-state index in [1.54, 1.807) is 0 Å². The van der Waals surface area contributed by atoms with Gasteiger partial charge in [-0.15, -0.1) is 0 Å². The number of allylic oxidation sites excluding steroid dienone is 1. The molecule has 2 N–H and O–H groups in total. The van der Waals surface area contributed by atoms with Gasteiger partial charge in [-0.1, -0.05) is 15.9 Å². The normalized spacial score (nSPS) is 20.8. The molecule has 1 heterocycles. The van der Waals surface area contributed by atoms with Gasteiger partial charge in [0.25, 0.3) is 0 Å². The van der Waals surface area contributed by atoms with Crippen LogP contribution in [0.4, 0.5) is 0 Å². The molecule has 0 spiro atoms. The Labute approximate surface area is 57.5 Å². The van der Waals surface area contributed by atoms with Crippen LogP contribution in [-0.2, 0) is 0 Å². The summed E-state index contributed by atoms with van der Waals surface area (Å²) in [5, 5.41) is 6.30. The third-order valence-electron chi connectivity index (χ3n) is 1.17. The molecule has 0 bridgehead atoms. The molecule has 0 saturated carbocycles. The summed E-state index contributed by atoms with van der Waals surface area (Å²) in [5.74, 6) is 0. The van der Waals surface area contributed by atoms with E-state index < -0.39 is 0 Å². The van der Waals surface area contributed by atoms with Crippen LogP contribution in [0.5, 0.6) is 0 Å². The second-order valence-corrected chi connectivity index (χ2v) is 2.77. The van der Waals surface area contributed by atoms with Crippen LogP contribution in [-0.4, -0.2) is 13.2 Å². The van der Waals surface area contributed by atoms with Crippen molar-refractivity contribution in [2.45, 2.75) is 6.92 Å². The Morgan fingerprint density at radius 3 is 2.75 bits per heavy atom. The maximum absolute atomic E-state index is 3.41. The average molecular weight is 177 g/mol. The highest BCUT2D eigenvalue weighted by Crippen LogP contribution is 2.09. The van der Waals surface area contributed by atoms with Gasteiger partial charge in [0.1, 0.15) is 0 Å². The molecular formula is C5H9BrN2. The van der Waals surface area contributed by atoms with Crippen LogP contribution in [0.2, 0.25) is 0 Å². The maximum Gasteiger partial charge on any atom is 0.0653 e. The lowest BCUT2D eigenvalue weighted by atomic mass is 10.4. The van der Waals surface area contributed by atoms with Gasteiger partial charge in [0.05, 0.1) is 6.67 Å². The fraction of sp³-hybridized carbons (Fsp3) is 0.600. The van der Waals surface area contributed by atoms with Crippen molar-refractivity contribution in [3.8, 4) is 0 Å². The summed E-state index contributed by atoms with van der Waals surface area (Å²) in [4.78, 5) is 0. The fourth-order valence-electron chi connectivity index (χ4n) is 0.596. The Morgan fingerprint density at radius 1 is 1.62 bits per heavy atom. The van der Waals surface area contributed by atoms with Crippen molar-refractivity contribution in [2.24, 2.45) is 0 Å². The van der Waals surface area contributed by atoms with Gasteiger partial charge in [-0.25, -0.2) is 0 Å². The average Bonchev–Trinajstić information content (AvgIpc) is 1.77. The molecule has 0 saturated heterocycles. The third kappa shape index (κ3) is 1.23. The molecule has 0 aliphatic carbocycles. The van der Waals surface area contributed by atoms with E-state index in [-0.39, 0.29) is 0 Å². The van der Waals surface area contributed by atoms with E-state index in [0.29, 0.717) is 0 Å². The van der Waals surface area contributed by atoms with E-state index in [9.17, 15) is 0 Å². The number of rotatable bonds is 0.